The third-order valence-corrected chi connectivity index (χ3v) is 6.36. The lowest BCUT2D eigenvalue weighted by Gasteiger charge is -2.34. The van der Waals surface area contributed by atoms with Crippen LogP contribution in [0.15, 0.2) is 24.3 Å². The summed E-state index contributed by atoms with van der Waals surface area (Å²) in [6.45, 7) is 7.96. The topological polar surface area (TPSA) is 78.7 Å². The third-order valence-electron chi connectivity index (χ3n) is 6.36. The molecule has 1 aliphatic carbocycles. The number of hydrogen-bond donors (Lipinski definition) is 0. The number of carbonyl (C=O) groups is 1. The summed E-state index contributed by atoms with van der Waals surface area (Å²) in [5.74, 6) is 2.10. The molecule has 1 saturated carbocycles. The zero-order valence-electron chi connectivity index (χ0n) is 19.1. The van der Waals surface area contributed by atoms with Crippen molar-refractivity contribution in [3.05, 3.63) is 41.5 Å². The number of amides is 1. The Kier molecular flexibility index (Phi) is 5.67. The van der Waals surface area contributed by atoms with E-state index in [0.717, 1.165) is 61.8 Å². The van der Waals surface area contributed by atoms with Crippen LogP contribution in [0.4, 0.5) is 4.79 Å². The summed E-state index contributed by atoms with van der Waals surface area (Å²) >= 11 is 0. The Morgan fingerprint density at radius 3 is 2.47 bits per heavy atom. The van der Waals surface area contributed by atoms with Gasteiger partial charge in [-0.05, 0) is 58.1 Å². The normalized spacial score (nSPS) is 23.7. The molecule has 32 heavy (non-hydrogen) atoms. The molecule has 0 unspecified atom stereocenters. The first-order chi connectivity index (χ1) is 15.4. The SMILES string of the molecule is CC(C)(C)OC(=O)N1Cc2ccccc2-n2c(nnc2C2CCC(OC3COC3)CC2)C1. The second-order valence-corrected chi connectivity index (χ2v) is 10.0. The fraction of sp³-hybridized carbons (Fsp3) is 0.625. The molecule has 2 fully saturated rings. The van der Waals surface area contributed by atoms with Gasteiger partial charge in [0.05, 0.1) is 38.1 Å². The molecule has 1 amide bonds. The maximum absolute atomic E-state index is 12.9. The van der Waals surface area contributed by atoms with Crippen LogP contribution >= 0.6 is 0 Å². The zero-order chi connectivity index (χ0) is 22.3. The molecule has 2 aliphatic heterocycles. The lowest BCUT2D eigenvalue weighted by Crippen LogP contribution is -2.40. The zero-order valence-corrected chi connectivity index (χ0v) is 19.1. The Bertz CT molecular complexity index is 971. The molecule has 8 nitrogen and oxygen atoms in total. The molecule has 0 radical (unpaired) electrons. The molecule has 3 aliphatic rings. The molecular weight excluding hydrogens is 408 g/mol. The smallest absolute Gasteiger partial charge is 0.411 e. The van der Waals surface area contributed by atoms with Crippen LogP contribution in [-0.4, -0.2) is 56.8 Å². The molecule has 1 saturated heterocycles. The summed E-state index contributed by atoms with van der Waals surface area (Å²) in [7, 11) is 0. The monoisotopic (exact) mass is 440 g/mol. The predicted molar refractivity (Wildman–Crippen MR) is 118 cm³/mol. The van der Waals surface area contributed by atoms with Crippen LogP contribution in [0.2, 0.25) is 0 Å². The van der Waals surface area contributed by atoms with E-state index in [1.807, 2.05) is 32.9 Å². The summed E-state index contributed by atoms with van der Waals surface area (Å²) < 4.78 is 19.2. The first-order valence-electron chi connectivity index (χ1n) is 11.6. The van der Waals surface area contributed by atoms with E-state index in [1.54, 1.807) is 4.90 Å². The molecule has 1 aromatic carbocycles. The van der Waals surface area contributed by atoms with Crippen molar-refractivity contribution in [2.24, 2.45) is 0 Å². The van der Waals surface area contributed by atoms with Gasteiger partial charge in [-0.3, -0.25) is 9.47 Å². The fourth-order valence-electron chi connectivity index (χ4n) is 4.73. The Balaban J connectivity index is 1.38. The first-order valence-corrected chi connectivity index (χ1v) is 11.6. The van der Waals surface area contributed by atoms with E-state index in [9.17, 15) is 4.79 Å². The van der Waals surface area contributed by atoms with Crippen LogP contribution in [0.25, 0.3) is 5.69 Å². The highest BCUT2D eigenvalue weighted by Crippen LogP contribution is 2.37. The van der Waals surface area contributed by atoms with Crippen LogP contribution < -0.4 is 0 Å². The summed E-state index contributed by atoms with van der Waals surface area (Å²) in [5.41, 5.74) is 1.58. The minimum absolute atomic E-state index is 0.270. The molecular formula is C24H32N4O4. The Labute approximate surface area is 188 Å². The van der Waals surface area contributed by atoms with Crippen molar-refractivity contribution in [2.45, 2.75) is 83.3 Å². The number of fused-ring (bicyclic) bond motifs is 3. The highest BCUT2D eigenvalue weighted by molar-refractivity contribution is 5.68. The summed E-state index contributed by atoms with van der Waals surface area (Å²) in [6.07, 6.45) is 4.34. The summed E-state index contributed by atoms with van der Waals surface area (Å²) in [5, 5.41) is 9.14. The minimum atomic E-state index is -0.548. The molecule has 2 aromatic rings. The van der Waals surface area contributed by atoms with Crippen LogP contribution in [0, 0.1) is 0 Å². The molecule has 5 rings (SSSR count). The van der Waals surface area contributed by atoms with Gasteiger partial charge < -0.3 is 14.2 Å². The second kappa shape index (κ2) is 8.48. The number of ether oxygens (including phenoxy) is 3. The summed E-state index contributed by atoms with van der Waals surface area (Å²) in [6, 6.07) is 8.20. The summed E-state index contributed by atoms with van der Waals surface area (Å²) in [4.78, 5) is 14.6. The largest absolute Gasteiger partial charge is 0.444 e. The van der Waals surface area contributed by atoms with Gasteiger partial charge in [0.25, 0.3) is 0 Å². The van der Waals surface area contributed by atoms with E-state index in [1.165, 1.54) is 0 Å². The van der Waals surface area contributed by atoms with E-state index in [-0.39, 0.29) is 12.2 Å². The molecule has 1 aromatic heterocycles. The molecule has 8 heteroatoms. The van der Waals surface area contributed by atoms with Crippen molar-refractivity contribution in [1.29, 1.82) is 0 Å². The Morgan fingerprint density at radius 1 is 1.03 bits per heavy atom. The van der Waals surface area contributed by atoms with E-state index in [4.69, 9.17) is 14.2 Å². The predicted octanol–water partition coefficient (Wildman–Crippen LogP) is 3.96. The van der Waals surface area contributed by atoms with Crippen molar-refractivity contribution in [3.63, 3.8) is 0 Å². The van der Waals surface area contributed by atoms with Gasteiger partial charge in [0.1, 0.15) is 17.5 Å². The quantitative estimate of drug-likeness (QED) is 0.719. The minimum Gasteiger partial charge on any atom is -0.444 e. The maximum Gasteiger partial charge on any atom is 0.411 e. The Hall–Kier alpha value is -2.45. The maximum atomic E-state index is 12.9. The first kappa shape index (κ1) is 21.4. The van der Waals surface area contributed by atoms with Gasteiger partial charge in [-0.1, -0.05) is 18.2 Å². The van der Waals surface area contributed by atoms with Gasteiger partial charge in [0.2, 0.25) is 0 Å². The van der Waals surface area contributed by atoms with E-state index < -0.39 is 5.60 Å². The fourth-order valence-corrected chi connectivity index (χ4v) is 4.73. The number of aromatic nitrogens is 3. The number of nitrogens with zero attached hydrogens (tertiary/aromatic N) is 4. The molecule has 0 spiro atoms. The van der Waals surface area contributed by atoms with Crippen molar-refractivity contribution >= 4 is 6.09 Å². The van der Waals surface area contributed by atoms with Crippen LogP contribution in [-0.2, 0) is 27.3 Å². The molecule has 0 N–H and O–H groups in total. The highest BCUT2D eigenvalue weighted by atomic mass is 16.6. The van der Waals surface area contributed by atoms with Gasteiger partial charge in [0.15, 0.2) is 5.82 Å². The lowest BCUT2D eigenvalue weighted by molar-refractivity contribution is -0.160. The van der Waals surface area contributed by atoms with Gasteiger partial charge >= 0.3 is 6.09 Å². The number of para-hydroxylation sites is 1. The standard InChI is InChI=1S/C24H32N4O4/c1-24(2,3)32-23(29)27-12-17-6-4-5-7-20(17)28-21(13-27)25-26-22(28)16-8-10-18(11-9-16)31-19-14-30-15-19/h4-7,16,18-19H,8-15H2,1-3H3. The van der Waals surface area contributed by atoms with E-state index in [0.29, 0.717) is 25.1 Å². The third kappa shape index (κ3) is 4.38. The second-order valence-electron chi connectivity index (χ2n) is 10.0. The van der Waals surface area contributed by atoms with Gasteiger partial charge in [-0.15, -0.1) is 10.2 Å². The van der Waals surface area contributed by atoms with Gasteiger partial charge in [0, 0.05) is 5.92 Å². The number of benzene rings is 1. The average molecular weight is 441 g/mol. The van der Waals surface area contributed by atoms with Crippen molar-refractivity contribution in [1.82, 2.24) is 19.7 Å². The van der Waals surface area contributed by atoms with E-state index >= 15 is 0 Å². The van der Waals surface area contributed by atoms with Gasteiger partial charge in [-0.25, -0.2) is 4.79 Å². The van der Waals surface area contributed by atoms with Crippen LogP contribution in [0.5, 0.6) is 0 Å². The van der Waals surface area contributed by atoms with Gasteiger partial charge in [-0.2, -0.15) is 0 Å². The lowest BCUT2D eigenvalue weighted by atomic mass is 9.86. The van der Waals surface area contributed by atoms with E-state index in [2.05, 4.69) is 26.9 Å². The van der Waals surface area contributed by atoms with Crippen molar-refractivity contribution in [3.8, 4) is 5.69 Å². The van der Waals surface area contributed by atoms with Crippen LogP contribution in [0.1, 0.15) is 69.6 Å². The molecule has 0 bridgehead atoms. The average Bonchev–Trinajstić information content (AvgIpc) is 3.05. The highest BCUT2D eigenvalue weighted by Gasteiger charge is 2.34. The van der Waals surface area contributed by atoms with Crippen LogP contribution in [0.3, 0.4) is 0 Å². The molecule has 172 valence electrons. The van der Waals surface area contributed by atoms with Crippen molar-refractivity contribution < 1.29 is 19.0 Å². The number of rotatable bonds is 3. The Morgan fingerprint density at radius 2 is 1.78 bits per heavy atom. The molecule has 3 heterocycles. The van der Waals surface area contributed by atoms with Crippen molar-refractivity contribution in [2.75, 3.05) is 13.2 Å². The molecule has 0 atom stereocenters. The number of carbonyl (C=O) groups excluding carboxylic acids is 1. The number of hydrogen-bond acceptors (Lipinski definition) is 6.